The molecule has 0 radical (unpaired) electrons. The highest BCUT2D eigenvalue weighted by Crippen LogP contribution is 2.33. The highest BCUT2D eigenvalue weighted by atomic mass is 32.1. The van der Waals surface area contributed by atoms with E-state index in [1.807, 2.05) is 18.5 Å². The van der Waals surface area contributed by atoms with E-state index in [-0.39, 0.29) is 0 Å². The molecule has 2 fully saturated rings. The van der Waals surface area contributed by atoms with Gasteiger partial charge in [0.2, 0.25) is 0 Å². The van der Waals surface area contributed by atoms with Crippen LogP contribution in [-0.2, 0) is 27.4 Å². The van der Waals surface area contributed by atoms with Gasteiger partial charge in [-0.1, -0.05) is 6.07 Å². The van der Waals surface area contributed by atoms with Gasteiger partial charge in [-0.25, -0.2) is 9.59 Å². The lowest BCUT2D eigenvalue weighted by Gasteiger charge is -2.34. The number of aromatic nitrogens is 1. The molecule has 3 atom stereocenters. The van der Waals surface area contributed by atoms with Crippen molar-refractivity contribution in [2.75, 3.05) is 20.2 Å². The summed E-state index contributed by atoms with van der Waals surface area (Å²) in [5, 5.41) is 18.7. The van der Waals surface area contributed by atoms with Crippen LogP contribution < -0.4 is 0 Å². The predicted octanol–water partition coefficient (Wildman–Crippen LogP) is 4.27. The molecule has 0 spiro atoms. The van der Waals surface area contributed by atoms with Crippen LogP contribution in [0.3, 0.4) is 0 Å². The fraction of sp³-hybridized carbons (Fsp3) is 0.522. The Labute approximate surface area is 218 Å². The first-order chi connectivity index (χ1) is 17.7. The molecule has 0 amide bonds. The second kappa shape index (κ2) is 13.9. The number of carboxylic acid groups (broad SMARTS) is 2. The highest BCUT2D eigenvalue weighted by Gasteiger charge is 2.45. The quantitative estimate of drug-likeness (QED) is 0.513. The zero-order valence-corrected chi connectivity index (χ0v) is 21.0. The summed E-state index contributed by atoms with van der Waals surface area (Å²) in [6.07, 6.45) is -3.60. The summed E-state index contributed by atoms with van der Waals surface area (Å²) < 4.78 is 69.7. The SMILES string of the molecule is CN(Cc1cccnc1)[C@@H]1CN(Cc2ccsc2)[C@@H]2CCCO[C@H]12.O=C(O)C(F)(F)F.O=C(O)C(F)(F)F. The van der Waals surface area contributed by atoms with Crippen molar-refractivity contribution >= 4 is 23.3 Å². The number of likely N-dealkylation sites (N-methyl/N-ethyl adjacent to an activating group) is 1. The number of fused-ring (bicyclic) bond motifs is 1. The molecule has 2 aliphatic heterocycles. The Bertz CT molecular complexity index is 983. The maximum Gasteiger partial charge on any atom is 0.490 e. The molecule has 2 aliphatic rings. The number of ether oxygens (including phenoxy) is 1. The van der Waals surface area contributed by atoms with E-state index in [4.69, 9.17) is 24.5 Å². The number of nitrogens with zero attached hydrogens (tertiary/aromatic N) is 3. The van der Waals surface area contributed by atoms with Crippen LogP contribution in [0, 0.1) is 0 Å². The number of hydrogen-bond acceptors (Lipinski definition) is 7. The third-order valence-electron chi connectivity index (χ3n) is 5.78. The molecule has 8 nitrogen and oxygen atoms in total. The van der Waals surface area contributed by atoms with E-state index in [0.717, 1.165) is 26.2 Å². The van der Waals surface area contributed by atoms with Crippen molar-refractivity contribution in [2.24, 2.45) is 0 Å². The van der Waals surface area contributed by atoms with E-state index in [9.17, 15) is 26.3 Å². The molecule has 2 aromatic rings. The monoisotopic (exact) mass is 571 g/mol. The number of carbonyl (C=O) groups is 2. The summed E-state index contributed by atoms with van der Waals surface area (Å²) in [7, 11) is 2.22. The summed E-state index contributed by atoms with van der Waals surface area (Å²) in [6, 6.07) is 7.42. The number of pyridine rings is 1. The fourth-order valence-corrected chi connectivity index (χ4v) is 4.77. The average molecular weight is 572 g/mol. The van der Waals surface area contributed by atoms with Crippen LogP contribution in [0.5, 0.6) is 0 Å². The first-order valence-electron chi connectivity index (χ1n) is 11.3. The third-order valence-corrected chi connectivity index (χ3v) is 6.51. The van der Waals surface area contributed by atoms with Gasteiger partial charge in [0, 0.05) is 44.7 Å². The van der Waals surface area contributed by atoms with Gasteiger partial charge in [0.1, 0.15) is 0 Å². The van der Waals surface area contributed by atoms with Gasteiger partial charge in [-0.15, -0.1) is 0 Å². The van der Waals surface area contributed by atoms with Crippen LogP contribution in [0.1, 0.15) is 24.0 Å². The first kappa shape index (κ1) is 31.5. The number of halogens is 6. The lowest BCUT2D eigenvalue weighted by Crippen LogP contribution is -2.46. The topological polar surface area (TPSA) is 103 Å². The number of rotatable bonds is 5. The van der Waals surface area contributed by atoms with E-state index in [1.54, 1.807) is 11.3 Å². The maximum atomic E-state index is 10.6. The van der Waals surface area contributed by atoms with Crippen LogP contribution in [0.2, 0.25) is 0 Å². The van der Waals surface area contributed by atoms with Crippen LogP contribution in [0.4, 0.5) is 26.3 Å². The Morgan fingerprint density at radius 1 is 1.13 bits per heavy atom. The number of carboxylic acids is 2. The van der Waals surface area contributed by atoms with Crippen molar-refractivity contribution in [2.45, 2.75) is 56.5 Å². The number of thiophene rings is 1. The van der Waals surface area contributed by atoms with Crippen LogP contribution in [0.15, 0.2) is 41.4 Å². The van der Waals surface area contributed by atoms with Crippen LogP contribution in [0.25, 0.3) is 0 Å². The van der Waals surface area contributed by atoms with E-state index < -0.39 is 24.3 Å². The van der Waals surface area contributed by atoms with Gasteiger partial charge >= 0.3 is 24.3 Å². The van der Waals surface area contributed by atoms with Crippen LogP contribution >= 0.6 is 11.3 Å². The van der Waals surface area contributed by atoms with E-state index in [1.165, 1.54) is 24.0 Å². The molecular weight excluding hydrogens is 544 g/mol. The van der Waals surface area contributed by atoms with Crippen molar-refractivity contribution in [3.63, 3.8) is 0 Å². The highest BCUT2D eigenvalue weighted by molar-refractivity contribution is 7.07. The second-order valence-electron chi connectivity index (χ2n) is 8.56. The van der Waals surface area contributed by atoms with Crippen molar-refractivity contribution < 1.29 is 50.9 Å². The third kappa shape index (κ3) is 9.85. The molecule has 2 aromatic heterocycles. The largest absolute Gasteiger partial charge is 0.490 e. The first-order valence-corrected chi connectivity index (χ1v) is 12.2. The van der Waals surface area contributed by atoms with Gasteiger partial charge in [-0.05, 0) is 53.9 Å². The standard InChI is InChI=1S/C19H25N3OS.2C2HF3O2/c1-21(11-15-4-2-7-20-10-15)18-13-22(12-16-6-9-24-14-16)17-5-3-8-23-19(17)18;2*3-2(4,5)1(6)7/h2,4,6-7,9-10,14,17-19H,3,5,8,11-13H2,1H3;2*(H,6,7)/t17-,18-,19+;;/m1../s1. The van der Waals surface area contributed by atoms with E-state index >= 15 is 0 Å². The minimum absolute atomic E-state index is 0.332. The van der Waals surface area contributed by atoms with Gasteiger partial charge in [0.15, 0.2) is 0 Å². The lowest BCUT2D eigenvalue weighted by atomic mass is 10.00. The molecule has 0 saturated carbocycles. The van der Waals surface area contributed by atoms with E-state index in [2.05, 4.69) is 44.7 Å². The molecule has 0 bridgehead atoms. The summed E-state index contributed by atoms with van der Waals surface area (Å²) in [4.78, 5) is 27.1. The normalized spacial score (nSPS) is 21.5. The molecule has 0 unspecified atom stereocenters. The number of alkyl halides is 6. The molecule has 38 heavy (non-hydrogen) atoms. The molecule has 4 heterocycles. The summed E-state index contributed by atoms with van der Waals surface area (Å²) in [5.74, 6) is -5.51. The molecule has 212 valence electrons. The van der Waals surface area contributed by atoms with Crippen LogP contribution in [-0.4, -0.2) is 87.7 Å². The number of aliphatic carboxylic acids is 2. The molecule has 4 rings (SSSR count). The fourth-order valence-electron chi connectivity index (χ4n) is 4.11. The predicted molar refractivity (Wildman–Crippen MR) is 124 cm³/mol. The maximum absolute atomic E-state index is 10.6. The summed E-state index contributed by atoms with van der Waals surface area (Å²) in [6.45, 7) is 3.97. The summed E-state index contributed by atoms with van der Waals surface area (Å²) in [5.41, 5.74) is 2.70. The molecule has 0 aliphatic carbocycles. The molecule has 2 saturated heterocycles. The Kier molecular flexibility index (Phi) is 11.5. The average Bonchev–Trinajstić information content (AvgIpc) is 3.48. The zero-order chi connectivity index (χ0) is 28.5. The Balaban J connectivity index is 0.000000301. The molecular formula is C23H27F6N3O5S. The zero-order valence-electron chi connectivity index (χ0n) is 20.2. The minimum atomic E-state index is -5.08. The van der Waals surface area contributed by atoms with Crippen molar-refractivity contribution in [3.8, 4) is 0 Å². The Morgan fingerprint density at radius 3 is 2.26 bits per heavy atom. The molecule has 15 heteroatoms. The minimum Gasteiger partial charge on any atom is -0.475 e. The number of hydrogen-bond donors (Lipinski definition) is 2. The van der Waals surface area contributed by atoms with Crippen molar-refractivity contribution in [1.29, 1.82) is 0 Å². The van der Waals surface area contributed by atoms with Gasteiger partial charge < -0.3 is 14.9 Å². The van der Waals surface area contributed by atoms with Gasteiger partial charge in [-0.3, -0.25) is 14.8 Å². The summed E-state index contributed by atoms with van der Waals surface area (Å²) >= 11 is 1.79. The van der Waals surface area contributed by atoms with E-state index in [0.29, 0.717) is 18.2 Å². The smallest absolute Gasteiger partial charge is 0.475 e. The number of likely N-dealkylation sites (tertiary alicyclic amines) is 1. The Hall–Kier alpha value is -2.75. The molecule has 2 N–H and O–H groups in total. The Morgan fingerprint density at radius 2 is 1.76 bits per heavy atom. The lowest BCUT2D eigenvalue weighted by molar-refractivity contribution is -0.193. The molecule has 0 aromatic carbocycles. The van der Waals surface area contributed by atoms with Gasteiger partial charge in [-0.2, -0.15) is 37.7 Å². The second-order valence-corrected chi connectivity index (χ2v) is 9.34. The van der Waals surface area contributed by atoms with Gasteiger partial charge in [0.25, 0.3) is 0 Å². The van der Waals surface area contributed by atoms with Crippen molar-refractivity contribution in [1.82, 2.24) is 14.8 Å². The van der Waals surface area contributed by atoms with Gasteiger partial charge in [0.05, 0.1) is 12.1 Å². The van der Waals surface area contributed by atoms with Crippen molar-refractivity contribution in [3.05, 3.63) is 52.5 Å².